The van der Waals surface area contributed by atoms with Gasteiger partial charge < -0.3 is 0 Å². The summed E-state index contributed by atoms with van der Waals surface area (Å²) in [7, 11) is 0. The van der Waals surface area contributed by atoms with Crippen LogP contribution in [0.1, 0.15) is 44.7 Å². The van der Waals surface area contributed by atoms with E-state index >= 15 is 0 Å². The quantitative estimate of drug-likeness (QED) is 0.612. The van der Waals surface area contributed by atoms with Crippen LogP contribution in [0.25, 0.3) is 0 Å². The van der Waals surface area contributed by atoms with Crippen LogP contribution in [0.15, 0.2) is 36.4 Å². The molecule has 0 nitrogen and oxygen atoms in total. The van der Waals surface area contributed by atoms with Crippen molar-refractivity contribution in [2.24, 2.45) is 5.92 Å². The van der Waals surface area contributed by atoms with Crippen molar-refractivity contribution in [3.63, 3.8) is 0 Å². The average molecular weight is 212 g/mol. The zero-order valence-electron chi connectivity index (χ0n) is 10.5. The largest absolute Gasteiger partial charge is 0.0773 e. The first-order valence-electron chi connectivity index (χ1n) is 6.39. The van der Waals surface area contributed by atoms with E-state index in [1.807, 2.05) is 0 Å². The van der Waals surface area contributed by atoms with Crippen molar-refractivity contribution in [1.29, 1.82) is 0 Å². The van der Waals surface area contributed by atoms with E-state index in [4.69, 9.17) is 0 Å². The second-order valence-electron chi connectivity index (χ2n) is 5.99. The molecule has 0 aromatic heterocycles. The molecule has 3 aliphatic carbocycles. The number of fused-ring (bicyclic) bond motifs is 1. The normalized spacial score (nSPS) is 35.5. The zero-order valence-corrected chi connectivity index (χ0v) is 10.5. The highest BCUT2D eigenvalue weighted by Gasteiger charge is 2.47. The zero-order chi connectivity index (χ0) is 11.4. The Balaban J connectivity index is 2.29. The molecule has 0 amide bonds. The van der Waals surface area contributed by atoms with Crippen molar-refractivity contribution in [2.45, 2.75) is 44.4 Å². The molecule has 0 saturated carbocycles. The highest BCUT2D eigenvalue weighted by molar-refractivity contribution is 5.52. The summed E-state index contributed by atoms with van der Waals surface area (Å²) >= 11 is 0. The maximum absolute atomic E-state index is 2.49. The molecule has 2 bridgehead atoms. The van der Waals surface area contributed by atoms with E-state index in [-0.39, 0.29) is 0 Å². The van der Waals surface area contributed by atoms with Gasteiger partial charge >= 0.3 is 0 Å². The lowest BCUT2D eigenvalue weighted by Crippen LogP contribution is -2.44. The van der Waals surface area contributed by atoms with Crippen LogP contribution < -0.4 is 0 Å². The van der Waals surface area contributed by atoms with Gasteiger partial charge in [-0.3, -0.25) is 0 Å². The molecule has 4 rings (SSSR count). The van der Waals surface area contributed by atoms with Gasteiger partial charge in [-0.1, -0.05) is 57.2 Å². The molecule has 2 atom stereocenters. The Morgan fingerprint density at radius 2 is 1.69 bits per heavy atom. The molecule has 16 heavy (non-hydrogen) atoms. The van der Waals surface area contributed by atoms with Crippen molar-refractivity contribution in [2.75, 3.05) is 0 Å². The lowest BCUT2D eigenvalue weighted by Gasteiger charge is -2.51. The van der Waals surface area contributed by atoms with Crippen LogP contribution in [0.3, 0.4) is 0 Å². The number of benzene rings is 1. The predicted octanol–water partition coefficient (Wildman–Crippen LogP) is 4.20. The van der Waals surface area contributed by atoms with Gasteiger partial charge in [-0.05, 0) is 29.9 Å². The Labute approximate surface area is 98.4 Å². The van der Waals surface area contributed by atoms with Gasteiger partial charge in [-0.15, -0.1) is 0 Å². The molecule has 0 radical (unpaired) electrons. The SMILES string of the molecule is CC(C)C12C=CC(C)(CC1)c1ccccc12. The monoisotopic (exact) mass is 212 g/mol. The minimum Gasteiger partial charge on any atom is -0.0773 e. The van der Waals surface area contributed by atoms with E-state index in [1.165, 1.54) is 12.8 Å². The summed E-state index contributed by atoms with van der Waals surface area (Å²) in [5.74, 6) is 0.690. The second kappa shape index (κ2) is 3.00. The molecule has 0 heteroatoms. The second-order valence-corrected chi connectivity index (χ2v) is 5.99. The Morgan fingerprint density at radius 3 is 2.25 bits per heavy atom. The van der Waals surface area contributed by atoms with Crippen LogP contribution in [0.5, 0.6) is 0 Å². The summed E-state index contributed by atoms with van der Waals surface area (Å²) in [6.07, 6.45) is 7.57. The van der Waals surface area contributed by atoms with Gasteiger partial charge in [0.05, 0.1) is 0 Å². The number of hydrogen-bond donors (Lipinski definition) is 0. The minimum absolute atomic E-state index is 0.299. The topological polar surface area (TPSA) is 0 Å². The fraction of sp³-hybridized carbons (Fsp3) is 0.500. The van der Waals surface area contributed by atoms with E-state index in [0.29, 0.717) is 16.7 Å². The lowest BCUT2D eigenvalue weighted by molar-refractivity contribution is 0.268. The van der Waals surface area contributed by atoms with E-state index in [0.717, 1.165) is 0 Å². The van der Waals surface area contributed by atoms with Crippen LogP contribution in [0.2, 0.25) is 0 Å². The molecule has 0 N–H and O–H groups in total. The molecule has 2 unspecified atom stereocenters. The number of hydrogen-bond acceptors (Lipinski definition) is 0. The number of rotatable bonds is 1. The van der Waals surface area contributed by atoms with Crippen molar-refractivity contribution in [3.05, 3.63) is 47.5 Å². The van der Waals surface area contributed by atoms with E-state index in [9.17, 15) is 0 Å². The number of allylic oxidation sites excluding steroid dienone is 2. The van der Waals surface area contributed by atoms with E-state index in [2.05, 4.69) is 57.2 Å². The Bertz CT molecular complexity index is 455. The summed E-state index contributed by atoms with van der Waals surface area (Å²) in [6.45, 7) is 7.09. The first-order chi connectivity index (χ1) is 7.58. The van der Waals surface area contributed by atoms with Crippen molar-refractivity contribution in [1.82, 2.24) is 0 Å². The highest BCUT2D eigenvalue weighted by atomic mass is 14.5. The molecule has 0 heterocycles. The fourth-order valence-electron chi connectivity index (χ4n) is 3.59. The molecule has 0 aliphatic heterocycles. The molecular formula is C16H20. The standard InChI is InChI=1S/C16H20/c1-12(2)16-10-8-15(3,9-11-16)13-6-4-5-7-14(13)16/h4-8,10,12H,9,11H2,1-3H3. The summed E-state index contributed by atoms with van der Waals surface area (Å²) in [6, 6.07) is 9.05. The smallest absolute Gasteiger partial charge is 0.0159 e. The van der Waals surface area contributed by atoms with Gasteiger partial charge in [0.1, 0.15) is 0 Å². The van der Waals surface area contributed by atoms with Crippen molar-refractivity contribution >= 4 is 0 Å². The first kappa shape index (κ1) is 10.1. The Morgan fingerprint density at radius 1 is 1.00 bits per heavy atom. The first-order valence-corrected chi connectivity index (χ1v) is 6.39. The van der Waals surface area contributed by atoms with Crippen LogP contribution in [0, 0.1) is 5.92 Å². The van der Waals surface area contributed by atoms with Crippen LogP contribution in [-0.2, 0) is 10.8 Å². The molecule has 1 aromatic carbocycles. The maximum atomic E-state index is 2.49. The van der Waals surface area contributed by atoms with Crippen LogP contribution >= 0.6 is 0 Å². The maximum Gasteiger partial charge on any atom is 0.0159 e. The average Bonchev–Trinajstić information content (AvgIpc) is 2.30. The van der Waals surface area contributed by atoms with Gasteiger partial charge in [0.25, 0.3) is 0 Å². The highest BCUT2D eigenvalue weighted by Crippen LogP contribution is 2.54. The summed E-state index contributed by atoms with van der Waals surface area (Å²) < 4.78 is 0. The van der Waals surface area contributed by atoms with Gasteiger partial charge in [-0.25, -0.2) is 0 Å². The Hall–Kier alpha value is -1.04. The predicted molar refractivity (Wildman–Crippen MR) is 68.7 cm³/mol. The molecule has 3 aliphatic rings. The molecule has 1 aromatic rings. The fourth-order valence-corrected chi connectivity index (χ4v) is 3.59. The minimum atomic E-state index is 0.299. The summed E-state index contributed by atoms with van der Waals surface area (Å²) in [5.41, 5.74) is 3.76. The van der Waals surface area contributed by atoms with E-state index in [1.54, 1.807) is 11.1 Å². The summed E-state index contributed by atoms with van der Waals surface area (Å²) in [4.78, 5) is 0. The Kier molecular flexibility index (Phi) is 1.90. The third-order valence-corrected chi connectivity index (χ3v) is 4.88. The van der Waals surface area contributed by atoms with Gasteiger partial charge in [0.15, 0.2) is 0 Å². The van der Waals surface area contributed by atoms with Crippen molar-refractivity contribution < 1.29 is 0 Å². The van der Waals surface area contributed by atoms with Gasteiger partial charge in [0, 0.05) is 10.8 Å². The molecule has 84 valence electrons. The molecule has 0 saturated heterocycles. The van der Waals surface area contributed by atoms with Gasteiger partial charge in [0.2, 0.25) is 0 Å². The van der Waals surface area contributed by atoms with Crippen molar-refractivity contribution in [3.8, 4) is 0 Å². The molecular weight excluding hydrogens is 192 g/mol. The van der Waals surface area contributed by atoms with Crippen LogP contribution in [0.4, 0.5) is 0 Å². The third-order valence-electron chi connectivity index (χ3n) is 4.88. The van der Waals surface area contributed by atoms with Crippen LogP contribution in [-0.4, -0.2) is 0 Å². The molecule has 0 fully saturated rings. The lowest BCUT2D eigenvalue weighted by atomic mass is 9.53. The molecule has 0 spiro atoms. The third kappa shape index (κ3) is 1.05. The summed E-state index contributed by atoms with van der Waals surface area (Å²) in [5, 5.41) is 0. The van der Waals surface area contributed by atoms with E-state index < -0.39 is 0 Å². The van der Waals surface area contributed by atoms with Gasteiger partial charge in [-0.2, -0.15) is 0 Å².